The van der Waals surface area contributed by atoms with Crippen LogP contribution in [0.3, 0.4) is 0 Å². The van der Waals surface area contributed by atoms with Crippen molar-refractivity contribution in [2.24, 2.45) is 0 Å². The second-order valence-corrected chi connectivity index (χ2v) is 6.50. The van der Waals surface area contributed by atoms with Crippen molar-refractivity contribution in [1.29, 1.82) is 0 Å². The number of nitrogens with one attached hydrogen (secondary N) is 1. The lowest BCUT2D eigenvalue weighted by Gasteiger charge is -2.10. The first-order chi connectivity index (χ1) is 13.9. The second kappa shape index (κ2) is 7.31. The molecule has 0 unspecified atom stereocenters. The number of fused-ring (bicyclic) bond motifs is 1. The summed E-state index contributed by atoms with van der Waals surface area (Å²) in [6, 6.07) is 10.2. The first-order valence-electron chi connectivity index (χ1n) is 8.76. The van der Waals surface area contributed by atoms with E-state index in [-0.39, 0.29) is 11.6 Å². The van der Waals surface area contributed by atoms with E-state index in [4.69, 9.17) is 4.74 Å². The van der Waals surface area contributed by atoms with Crippen LogP contribution in [0.2, 0.25) is 0 Å². The van der Waals surface area contributed by atoms with Crippen LogP contribution < -0.4 is 10.2 Å². The number of hydrogen-bond donors (Lipinski definition) is 1. The zero-order chi connectivity index (χ0) is 20.5. The van der Waals surface area contributed by atoms with Crippen molar-refractivity contribution in [1.82, 2.24) is 14.6 Å². The van der Waals surface area contributed by atoms with Crippen LogP contribution in [0.15, 0.2) is 54.9 Å². The first-order valence-corrected chi connectivity index (χ1v) is 8.76. The third-order valence-corrected chi connectivity index (χ3v) is 4.40. The van der Waals surface area contributed by atoms with Crippen LogP contribution >= 0.6 is 0 Å². The zero-order valence-corrected chi connectivity index (χ0v) is 15.6. The number of benzene rings is 2. The molecule has 2 heterocycles. The average Bonchev–Trinajstić information content (AvgIpc) is 2.98. The molecule has 0 radical (unpaired) electrons. The molecule has 0 saturated heterocycles. The lowest BCUT2D eigenvalue weighted by Crippen LogP contribution is -2.25. The molecule has 0 bridgehead atoms. The molecule has 146 valence electrons. The predicted octanol–water partition coefficient (Wildman–Crippen LogP) is 4.74. The van der Waals surface area contributed by atoms with Crippen LogP contribution in [-0.4, -0.2) is 20.7 Å². The van der Waals surface area contributed by atoms with E-state index in [2.05, 4.69) is 15.4 Å². The molecule has 4 aromatic rings. The van der Waals surface area contributed by atoms with Gasteiger partial charge in [0.15, 0.2) is 11.6 Å². The zero-order valence-electron chi connectivity index (χ0n) is 15.6. The maximum absolute atomic E-state index is 13.4. The van der Waals surface area contributed by atoms with E-state index in [1.165, 1.54) is 35.1 Å². The monoisotopic (exact) mass is 394 g/mol. The van der Waals surface area contributed by atoms with Crippen molar-refractivity contribution < 1.29 is 18.3 Å². The number of ether oxygens (including phenoxy) is 1. The maximum atomic E-state index is 13.4. The van der Waals surface area contributed by atoms with Crippen LogP contribution in [0, 0.1) is 25.5 Å². The number of halogens is 2. The molecule has 0 aliphatic carbocycles. The Kier molecular flexibility index (Phi) is 4.67. The smallest absolute Gasteiger partial charge is 0.406 e. The molecular weight excluding hydrogens is 378 g/mol. The Hall–Kier alpha value is -3.81. The highest BCUT2D eigenvalue weighted by Crippen LogP contribution is 2.23. The summed E-state index contributed by atoms with van der Waals surface area (Å²) < 4.78 is 33.6. The topological polar surface area (TPSA) is 69.0 Å². The fraction of sp³-hybridized carbons (Fsp3) is 0.0952. The van der Waals surface area contributed by atoms with Crippen LogP contribution in [0.25, 0.3) is 22.3 Å². The van der Waals surface area contributed by atoms with Gasteiger partial charge < -0.3 is 4.74 Å². The van der Waals surface area contributed by atoms with E-state index >= 15 is 0 Å². The summed E-state index contributed by atoms with van der Waals surface area (Å²) in [5.74, 6) is -0.254. The van der Waals surface area contributed by atoms with Gasteiger partial charge in [-0.2, -0.15) is 0 Å². The van der Waals surface area contributed by atoms with E-state index in [0.29, 0.717) is 28.0 Å². The van der Waals surface area contributed by atoms with Gasteiger partial charge in [0.05, 0.1) is 17.4 Å². The second-order valence-electron chi connectivity index (χ2n) is 6.50. The van der Waals surface area contributed by atoms with Crippen LogP contribution in [0.5, 0.6) is 5.75 Å². The molecule has 0 saturated carbocycles. The van der Waals surface area contributed by atoms with Crippen molar-refractivity contribution in [2.75, 3.05) is 5.43 Å². The van der Waals surface area contributed by atoms with E-state index < -0.39 is 11.9 Å². The fourth-order valence-electron chi connectivity index (χ4n) is 3.00. The maximum Gasteiger partial charge on any atom is 0.432 e. The molecular formula is C21H16F2N4O2. The standard InChI is InChI=1S/C21H16F2N4O2/c1-12-11-27(18-7-6-16(23)9-17(12)18)26-21(28)29-19-10-24-20(25-13(19)2)14-4-3-5-15(22)8-14/h3-11H,1-2H3,(H,26,28). The molecule has 1 amide bonds. The molecule has 2 aromatic carbocycles. The molecule has 8 heteroatoms. The summed E-state index contributed by atoms with van der Waals surface area (Å²) in [4.78, 5) is 20.7. The number of aryl methyl sites for hydroxylation is 2. The van der Waals surface area contributed by atoms with Crippen molar-refractivity contribution in [3.05, 3.63) is 77.8 Å². The largest absolute Gasteiger partial charge is 0.432 e. The number of carbonyl (C=O) groups is 1. The quantitative estimate of drug-likeness (QED) is 0.545. The number of nitrogens with zero attached hydrogens (tertiary/aromatic N) is 3. The van der Waals surface area contributed by atoms with Gasteiger partial charge in [-0.05, 0) is 49.7 Å². The molecule has 6 nitrogen and oxygen atoms in total. The minimum absolute atomic E-state index is 0.168. The molecule has 0 atom stereocenters. The number of rotatable bonds is 3. The average molecular weight is 394 g/mol. The van der Waals surface area contributed by atoms with E-state index in [1.54, 1.807) is 31.3 Å². The van der Waals surface area contributed by atoms with Crippen molar-refractivity contribution in [2.45, 2.75) is 13.8 Å². The highest BCUT2D eigenvalue weighted by Gasteiger charge is 2.13. The van der Waals surface area contributed by atoms with Gasteiger partial charge in [0.2, 0.25) is 0 Å². The van der Waals surface area contributed by atoms with Gasteiger partial charge in [0.25, 0.3) is 0 Å². The molecule has 29 heavy (non-hydrogen) atoms. The molecule has 0 aliphatic heterocycles. The lowest BCUT2D eigenvalue weighted by atomic mass is 10.2. The summed E-state index contributed by atoms with van der Waals surface area (Å²) in [7, 11) is 0. The third kappa shape index (κ3) is 3.77. The normalized spacial score (nSPS) is 10.9. The Morgan fingerprint density at radius 3 is 2.66 bits per heavy atom. The van der Waals surface area contributed by atoms with Gasteiger partial charge in [-0.25, -0.2) is 29.0 Å². The highest BCUT2D eigenvalue weighted by molar-refractivity contribution is 5.87. The summed E-state index contributed by atoms with van der Waals surface area (Å²) in [6.07, 6.45) is 2.27. The van der Waals surface area contributed by atoms with Gasteiger partial charge in [-0.1, -0.05) is 12.1 Å². The minimum atomic E-state index is -0.753. The Labute approximate surface area is 164 Å². The SMILES string of the molecule is Cc1nc(-c2cccc(F)c2)ncc1OC(=O)Nn1cc(C)c2cc(F)ccc21. The van der Waals surface area contributed by atoms with Gasteiger partial charge >= 0.3 is 6.09 Å². The van der Waals surface area contributed by atoms with Crippen LogP contribution in [0.1, 0.15) is 11.3 Å². The lowest BCUT2D eigenvalue weighted by molar-refractivity contribution is 0.211. The van der Waals surface area contributed by atoms with E-state index in [1.807, 2.05) is 6.92 Å². The molecule has 2 aromatic heterocycles. The summed E-state index contributed by atoms with van der Waals surface area (Å²) >= 11 is 0. The summed E-state index contributed by atoms with van der Waals surface area (Å²) in [6.45, 7) is 3.47. The van der Waals surface area contributed by atoms with E-state index in [0.717, 1.165) is 5.56 Å². The van der Waals surface area contributed by atoms with Crippen molar-refractivity contribution in [3.8, 4) is 17.1 Å². The minimum Gasteiger partial charge on any atom is -0.406 e. The Morgan fingerprint density at radius 1 is 1.10 bits per heavy atom. The number of aromatic nitrogens is 3. The predicted molar refractivity (Wildman–Crippen MR) is 104 cm³/mol. The molecule has 0 aliphatic rings. The molecule has 1 N–H and O–H groups in total. The summed E-state index contributed by atoms with van der Waals surface area (Å²) in [5.41, 5.74) is 4.96. The van der Waals surface area contributed by atoms with E-state index in [9.17, 15) is 13.6 Å². The molecule has 0 spiro atoms. The summed E-state index contributed by atoms with van der Waals surface area (Å²) in [5, 5.41) is 0.685. The fourth-order valence-corrected chi connectivity index (χ4v) is 3.00. The van der Waals surface area contributed by atoms with Gasteiger partial charge in [0, 0.05) is 17.1 Å². The van der Waals surface area contributed by atoms with Crippen molar-refractivity contribution in [3.63, 3.8) is 0 Å². The Bertz CT molecular complexity index is 1240. The third-order valence-electron chi connectivity index (χ3n) is 4.40. The molecule has 4 rings (SSSR count). The van der Waals surface area contributed by atoms with Crippen molar-refractivity contribution >= 4 is 17.0 Å². The van der Waals surface area contributed by atoms with Crippen LogP contribution in [0.4, 0.5) is 13.6 Å². The molecule has 0 fully saturated rings. The highest BCUT2D eigenvalue weighted by atomic mass is 19.1. The Morgan fingerprint density at radius 2 is 1.90 bits per heavy atom. The Balaban J connectivity index is 1.53. The number of carbonyl (C=O) groups excluding carboxylic acids is 1. The van der Waals surface area contributed by atoms with Crippen LogP contribution in [-0.2, 0) is 0 Å². The van der Waals surface area contributed by atoms with Gasteiger partial charge in [-0.3, -0.25) is 4.68 Å². The number of hydrogen-bond acceptors (Lipinski definition) is 4. The van der Waals surface area contributed by atoms with Gasteiger partial charge in [0.1, 0.15) is 11.6 Å². The van der Waals surface area contributed by atoms with Gasteiger partial charge in [-0.15, -0.1) is 0 Å². The first kappa shape index (κ1) is 18.5. The number of amides is 1.